The van der Waals surface area contributed by atoms with E-state index in [0.717, 1.165) is 0 Å². The molecule has 1 rings (SSSR count). The average molecular weight is 328 g/mol. The molecule has 1 heterocycles. The summed E-state index contributed by atoms with van der Waals surface area (Å²) in [4.78, 5) is 38.9. The van der Waals surface area contributed by atoms with E-state index in [4.69, 9.17) is 4.74 Å². The number of carbonyl (C=O) groups is 3. The van der Waals surface area contributed by atoms with Crippen molar-refractivity contribution in [2.75, 3.05) is 13.1 Å². The van der Waals surface area contributed by atoms with E-state index in [1.54, 1.807) is 27.7 Å². The second-order valence-electron chi connectivity index (χ2n) is 7.36. The summed E-state index contributed by atoms with van der Waals surface area (Å²) in [5.41, 5.74) is -0.641. The van der Waals surface area contributed by atoms with Crippen molar-refractivity contribution in [3.8, 4) is 0 Å². The van der Waals surface area contributed by atoms with Gasteiger partial charge in [-0.05, 0) is 40.0 Å². The predicted octanol–water partition coefficient (Wildman–Crippen LogP) is 1.95. The Labute approximate surface area is 137 Å². The van der Waals surface area contributed by atoms with Gasteiger partial charge in [-0.1, -0.05) is 13.8 Å². The van der Waals surface area contributed by atoms with Crippen LogP contribution < -0.4 is 0 Å². The fourth-order valence-electron chi connectivity index (χ4n) is 2.58. The molecular formula is C16H28N2O5. The van der Waals surface area contributed by atoms with Crippen molar-refractivity contribution in [1.29, 1.82) is 0 Å². The minimum atomic E-state index is -1.01. The molecule has 1 N–H and O–H groups in total. The van der Waals surface area contributed by atoms with Crippen molar-refractivity contribution in [3.63, 3.8) is 0 Å². The molecule has 132 valence electrons. The van der Waals surface area contributed by atoms with Crippen molar-refractivity contribution >= 4 is 18.0 Å². The van der Waals surface area contributed by atoms with Crippen LogP contribution in [0.3, 0.4) is 0 Å². The first-order valence-electron chi connectivity index (χ1n) is 7.97. The fourth-order valence-corrected chi connectivity index (χ4v) is 2.58. The van der Waals surface area contributed by atoms with Gasteiger partial charge in [0.1, 0.15) is 17.7 Å². The van der Waals surface area contributed by atoms with E-state index >= 15 is 0 Å². The molecule has 0 aliphatic carbocycles. The molecule has 0 bridgehead atoms. The van der Waals surface area contributed by atoms with Crippen molar-refractivity contribution in [2.24, 2.45) is 5.92 Å². The van der Waals surface area contributed by atoms with E-state index < -0.39 is 29.7 Å². The molecule has 7 heteroatoms. The summed E-state index contributed by atoms with van der Waals surface area (Å²) in [6.45, 7) is 11.2. The summed E-state index contributed by atoms with van der Waals surface area (Å²) < 4.78 is 5.30. The van der Waals surface area contributed by atoms with Crippen LogP contribution in [0.1, 0.15) is 48.0 Å². The quantitative estimate of drug-likeness (QED) is 0.852. The van der Waals surface area contributed by atoms with Crippen LogP contribution in [0.5, 0.6) is 0 Å². The van der Waals surface area contributed by atoms with Crippen molar-refractivity contribution in [1.82, 2.24) is 9.80 Å². The molecule has 0 aromatic carbocycles. The van der Waals surface area contributed by atoms with Gasteiger partial charge in [-0.3, -0.25) is 9.69 Å². The van der Waals surface area contributed by atoms with Gasteiger partial charge in [-0.2, -0.15) is 0 Å². The van der Waals surface area contributed by atoms with Gasteiger partial charge < -0.3 is 14.7 Å². The van der Waals surface area contributed by atoms with Gasteiger partial charge >= 0.3 is 12.1 Å². The van der Waals surface area contributed by atoms with Gasteiger partial charge in [0.2, 0.25) is 5.91 Å². The third kappa shape index (κ3) is 5.11. The van der Waals surface area contributed by atoms with E-state index in [9.17, 15) is 19.5 Å². The van der Waals surface area contributed by atoms with Gasteiger partial charge in [0.15, 0.2) is 0 Å². The lowest BCUT2D eigenvalue weighted by Crippen LogP contribution is -2.61. The molecular weight excluding hydrogens is 300 g/mol. The van der Waals surface area contributed by atoms with Crippen LogP contribution in [0.2, 0.25) is 0 Å². The zero-order valence-corrected chi connectivity index (χ0v) is 14.8. The first kappa shape index (κ1) is 19.3. The molecule has 23 heavy (non-hydrogen) atoms. The molecule has 0 aromatic rings. The third-order valence-electron chi connectivity index (χ3n) is 3.67. The highest BCUT2D eigenvalue weighted by Gasteiger charge is 2.41. The summed E-state index contributed by atoms with van der Waals surface area (Å²) in [7, 11) is 0. The zero-order valence-electron chi connectivity index (χ0n) is 14.8. The molecule has 7 nitrogen and oxygen atoms in total. The average Bonchev–Trinajstić information content (AvgIpc) is 2.36. The number of ether oxygens (including phenoxy) is 1. The van der Waals surface area contributed by atoms with Gasteiger partial charge in [0.05, 0.1) is 0 Å². The van der Waals surface area contributed by atoms with Gasteiger partial charge in [-0.25, -0.2) is 9.59 Å². The lowest BCUT2D eigenvalue weighted by molar-refractivity contribution is -0.156. The molecule has 2 amide bonds. The van der Waals surface area contributed by atoms with Crippen molar-refractivity contribution in [3.05, 3.63) is 0 Å². The maximum absolute atomic E-state index is 12.5. The van der Waals surface area contributed by atoms with E-state index in [-0.39, 0.29) is 24.9 Å². The molecule has 1 aliphatic rings. The molecule has 0 saturated carbocycles. The van der Waals surface area contributed by atoms with Crippen LogP contribution in [0.25, 0.3) is 0 Å². The number of rotatable bonds is 4. The lowest BCUT2D eigenvalue weighted by atomic mass is 10.0. The molecule has 1 saturated heterocycles. The smallest absolute Gasteiger partial charge is 0.411 e. The molecule has 0 unspecified atom stereocenters. The second-order valence-corrected chi connectivity index (χ2v) is 7.36. The number of carboxylic acids is 1. The minimum absolute atomic E-state index is 0.156. The summed E-state index contributed by atoms with van der Waals surface area (Å²) in [5.74, 6) is -1.21. The number of amides is 2. The first-order chi connectivity index (χ1) is 10.4. The molecule has 2 atom stereocenters. The third-order valence-corrected chi connectivity index (χ3v) is 3.67. The second kappa shape index (κ2) is 7.19. The largest absolute Gasteiger partial charge is 0.480 e. The van der Waals surface area contributed by atoms with Gasteiger partial charge in [0, 0.05) is 13.1 Å². The number of hydrogen-bond donors (Lipinski definition) is 1. The summed E-state index contributed by atoms with van der Waals surface area (Å²) in [6, 6.07) is -1.58. The van der Waals surface area contributed by atoms with Crippen LogP contribution in [0, 0.1) is 5.92 Å². The number of nitrogens with zero attached hydrogens (tertiary/aromatic N) is 2. The minimum Gasteiger partial charge on any atom is -0.480 e. The summed E-state index contributed by atoms with van der Waals surface area (Å²) in [6.07, 6.45) is -0.158. The monoisotopic (exact) mass is 328 g/mol. The van der Waals surface area contributed by atoms with E-state index in [1.807, 2.05) is 13.8 Å². The standard InChI is InChI=1S/C16H28N2O5/c1-10(2)9-12(14(20)21)18-8-7-17(11(3)13(18)19)15(22)23-16(4,5)6/h10-12H,7-9H2,1-6H3,(H,20,21)/t11-,12-/m0/s1. The Bertz CT molecular complexity index is 470. The van der Waals surface area contributed by atoms with E-state index in [0.29, 0.717) is 6.42 Å². The zero-order chi connectivity index (χ0) is 17.9. The fraction of sp³-hybridized carbons (Fsp3) is 0.812. The topological polar surface area (TPSA) is 87.2 Å². The number of piperazine rings is 1. The van der Waals surface area contributed by atoms with Crippen LogP contribution in [0.4, 0.5) is 4.79 Å². The van der Waals surface area contributed by atoms with Gasteiger partial charge in [0.25, 0.3) is 0 Å². The summed E-state index contributed by atoms with van der Waals surface area (Å²) >= 11 is 0. The molecule has 0 aromatic heterocycles. The highest BCUT2D eigenvalue weighted by molar-refractivity contribution is 5.90. The normalized spacial score (nSPS) is 20.7. The molecule has 0 radical (unpaired) electrons. The van der Waals surface area contributed by atoms with Crippen molar-refractivity contribution in [2.45, 2.75) is 65.6 Å². The molecule has 0 spiro atoms. The molecule has 1 aliphatic heterocycles. The maximum Gasteiger partial charge on any atom is 0.411 e. The lowest BCUT2D eigenvalue weighted by Gasteiger charge is -2.41. The Hall–Kier alpha value is -1.79. The van der Waals surface area contributed by atoms with Crippen LogP contribution in [-0.4, -0.2) is 63.7 Å². The highest BCUT2D eigenvalue weighted by Crippen LogP contribution is 2.21. The van der Waals surface area contributed by atoms with Gasteiger partial charge in [-0.15, -0.1) is 0 Å². The molecule has 1 fully saturated rings. The number of hydrogen-bond acceptors (Lipinski definition) is 4. The Morgan fingerprint density at radius 3 is 2.30 bits per heavy atom. The van der Waals surface area contributed by atoms with Crippen LogP contribution >= 0.6 is 0 Å². The highest BCUT2D eigenvalue weighted by atomic mass is 16.6. The Kier molecular flexibility index (Phi) is 6.02. The number of carbonyl (C=O) groups excluding carboxylic acids is 2. The van der Waals surface area contributed by atoms with E-state index in [2.05, 4.69) is 0 Å². The number of carboxylic acid groups (broad SMARTS) is 1. The maximum atomic E-state index is 12.5. The number of aliphatic carboxylic acids is 1. The Balaban J connectivity index is 2.85. The summed E-state index contributed by atoms with van der Waals surface area (Å²) in [5, 5.41) is 9.41. The Morgan fingerprint density at radius 2 is 1.87 bits per heavy atom. The SMILES string of the molecule is CC(C)C[C@@H](C(=O)O)N1CCN(C(=O)OC(C)(C)C)[C@@H](C)C1=O. The van der Waals surface area contributed by atoms with Crippen LogP contribution in [0.15, 0.2) is 0 Å². The van der Waals surface area contributed by atoms with Crippen molar-refractivity contribution < 1.29 is 24.2 Å². The van der Waals surface area contributed by atoms with Crippen LogP contribution in [-0.2, 0) is 14.3 Å². The Morgan fingerprint density at radius 1 is 1.30 bits per heavy atom. The predicted molar refractivity (Wildman–Crippen MR) is 85.0 cm³/mol. The first-order valence-corrected chi connectivity index (χ1v) is 7.97. The van der Waals surface area contributed by atoms with E-state index in [1.165, 1.54) is 9.80 Å².